The summed E-state index contributed by atoms with van der Waals surface area (Å²) in [5.41, 5.74) is 3.99. The zero-order valence-electron chi connectivity index (χ0n) is 28.3. The molecule has 1 aliphatic rings. The maximum atomic E-state index is 12.2. The highest BCUT2D eigenvalue weighted by Gasteiger charge is 2.22. The molecule has 0 spiro atoms. The lowest BCUT2D eigenvalue weighted by Gasteiger charge is -2.34. The summed E-state index contributed by atoms with van der Waals surface area (Å²) in [4.78, 5) is 42.5. The van der Waals surface area contributed by atoms with Gasteiger partial charge in [0, 0.05) is 68.5 Å². The highest BCUT2D eigenvalue weighted by Crippen LogP contribution is 2.21. The number of carbonyl (C=O) groups excluding carboxylic acids is 2. The fraction of sp³-hybridized carbons (Fsp3) is 0.528. The van der Waals surface area contributed by atoms with Crippen LogP contribution in [0.4, 0.5) is 11.6 Å². The lowest BCUT2D eigenvalue weighted by molar-refractivity contribution is -0.157. The Morgan fingerprint density at radius 3 is 2.24 bits per heavy atom. The molecule has 248 valence electrons. The van der Waals surface area contributed by atoms with Crippen LogP contribution >= 0.6 is 0 Å². The van der Waals surface area contributed by atoms with Crippen molar-refractivity contribution < 1.29 is 19.1 Å². The zero-order chi connectivity index (χ0) is 33.2. The van der Waals surface area contributed by atoms with E-state index in [0.29, 0.717) is 18.9 Å². The van der Waals surface area contributed by atoms with Gasteiger partial charge in [0.2, 0.25) is 5.95 Å². The fourth-order valence-electron chi connectivity index (χ4n) is 5.24. The molecule has 1 N–H and O–H groups in total. The van der Waals surface area contributed by atoms with Crippen LogP contribution < -0.4 is 5.32 Å². The summed E-state index contributed by atoms with van der Waals surface area (Å²) in [6.07, 6.45) is 7.68. The van der Waals surface area contributed by atoms with Crippen molar-refractivity contribution in [3.8, 4) is 11.3 Å². The second-order valence-electron chi connectivity index (χ2n) is 13.9. The second-order valence-corrected chi connectivity index (χ2v) is 13.9. The molecule has 0 atom stereocenters. The van der Waals surface area contributed by atoms with Crippen LogP contribution in [-0.2, 0) is 32.0 Å². The summed E-state index contributed by atoms with van der Waals surface area (Å²) in [5.74, 6) is 0.226. The van der Waals surface area contributed by atoms with Crippen LogP contribution in [0, 0.1) is 0 Å². The summed E-state index contributed by atoms with van der Waals surface area (Å²) in [5, 5.41) is 3.36. The molecule has 0 aliphatic carbocycles. The van der Waals surface area contributed by atoms with Gasteiger partial charge in [-0.25, -0.2) is 9.97 Å². The van der Waals surface area contributed by atoms with E-state index in [0.717, 1.165) is 81.0 Å². The molecule has 0 amide bonds. The minimum Gasteiger partial charge on any atom is -0.460 e. The SMILES string of the molecule is CC(C)(C)OC(=O)CCCCCc1ccc(-c2ccnc(Nc3cccc(CN4CCN(CC(=O)OC(C)(C)C)CC4)c3)n2)cn1. The summed E-state index contributed by atoms with van der Waals surface area (Å²) in [6.45, 7) is 16.0. The molecule has 10 nitrogen and oxygen atoms in total. The van der Waals surface area contributed by atoms with Crippen molar-refractivity contribution in [1.29, 1.82) is 0 Å². The first-order valence-corrected chi connectivity index (χ1v) is 16.3. The molecule has 1 fully saturated rings. The van der Waals surface area contributed by atoms with Gasteiger partial charge in [0.05, 0.1) is 12.2 Å². The third kappa shape index (κ3) is 12.5. The number of unbranched alkanes of at least 4 members (excludes halogenated alkanes) is 2. The van der Waals surface area contributed by atoms with E-state index in [4.69, 9.17) is 14.5 Å². The molecular weight excluding hydrogens is 580 g/mol. The third-order valence-corrected chi connectivity index (χ3v) is 7.34. The smallest absolute Gasteiger partial charge is 0.320 e. The van der Waals surface area contributed by atoms with Gasteiger partial charge in [-0.1, -0.05) is 18.6 Å². The maximum absolute atomic E-state index is 12.2. The van der Waals surface area contributed by atoms with Crippen LogP contribution in [0.2, 0.25) is 0 Å². The Bertz CT molecular complexity index is 1420. The van der Waals surface area contributed by atoms with Crippen molar-refractivity contribution in [3.63, 3.8) is 0 Å². The average Bonchev–Trinajstić information content (AvgIpc) is 2.97. The highest BCUT2D eigenvalue weighted by atomic mass is 16.6. The molecular formula is C36H50N6O4. The van der Waals surface area contributed by atoms with E-state index in [1.807, 2.05) is 78.1 Å². The van der Waals surface area contributed by atoms with E-state index in [-0.39, 0.29) is 11.9 Å². The van der Waals surface area contributed by atoms with Gasteiger partial charge in [0.1, 0.15) is 11.2 Å². The van der Waals surface area contributed by atoms with Gasteiger partial charge in [-0.15, -0.1) is 0 Å². The third-order valence-electron chi connectivity index (χ3n) is 7.34. The Kier molecular flexibility index (Phi) is 12.2. The summed E-state index contributed by atoms with van der Waals surface area (Å²) in [7, 11) is 0. The predicted molar refractivity (Wildman–Crippen MR) is 181 cm³/mol. The lowest BCUT2D eigenvalue weighted by atomic mass is 10.1. The number of aryl methyl sites for hydroxylation is 1. The van der Waals surface area contributed by atoms with Gasteiger partial charge in [-0.05, 0) is 96.7 Å². The number of esters is 2. The Labute approximate surface area is 273 Å². The molecule has 3 aromatic rings. The fourth-order valence-corrected chi connectivity index (χ4v) is 5.24. The lowest BCUT2D eigenvalue weighted by Crippen LogP contribution is -2.48. The number of piperazine rings is 1. The van der Waals surface area contributed by atoms with Crippen molar-refractivity contribution in [2.75, 3.05) is 38.0 Å². The van der Waals surface area contributed by atoms with Gasteiger partial charge in [-0.2, -0.15) is 0 Å². The van der Waals surface area contributed by atoms with E-state index in [1.54, 1.807) is 6.20 Å². The molecule has 0 unspecified atom stereocenters. The second kappa shape index (κ2) is 16.1. The molecule has 2 aromatic heterocycles. The number of nitrogens with one attached hydrogen (secondary N) is 1. The number of anilines is 2. The van der Waals surface area contributed by atoms with E-state index in [1.165, 1.54) is 5.56 Å². The minimum absolute atomic E-state index is 0.134. The number of hydrogen-bond donors (Lipinski definition) is 1. The normalized spacial score (nSPS) is 14.6. The van der Waals surface area contributed by atoms with Crippen LogP contribution in [0.3, 0.4) is 0 Å². The number of nitrogens with zero attached hydrogens (tertiary/aromatic N) is 5. The van der Waals surface area contributed by atoms with Crippen molar-refractivity contribution in [1.82, 2.24) is 24.8 Å². The Hall–Kier alpha value is -3.89. The maximum Gasteiger partial charge on any atom is 0.320 e. The zero-order valence-corrected chi connectivity index (χ0v) is 28.3. The van der Waals surface area contributed by atoms with E-state index < -0.39 is 11.2 Å². The number of pyridine rings is 1. The molecule has 1 saturated heterocycles. The number of carbonyl (C=O) groups is 2. The Morgan fingerprint density at radius 2 is 1.54 bits per heavy atom. The highest BCUT2D eigenvalue weighted by molar-refractivity contribution is 5.72. The molecule has 10 heteroatoms. The average molecular weight is 631 g/mol. The van der Waals surface area contributed by atoms with Crippen LogP contribution in [0.5, 0.6) is 0 Å². The molecule has 1 aliphatic heterocycles. The first kappa shape index (κ1) is 35.0. The molecule has 3 heterocycles. The topological polar surface area (TPSA) is 110 Å². The Morgan fingerprint density at radius 1 is 0.826 bits per heavy atom. The first-order valence-electron chi connectivity index (χ1n) is 16.3. The number of ether oxygens (including phenoxy) is 2. The van der Waals surface area contributed by atoms with E-state index in [2.05, 4.69) is 37.2 Å². The summed E-state index contributed by atoms with van der Waals surface area (Å²) in [6, 6.07) is 14.3. The van der Waals surface area contributed by atoms with Crippen molar-refractivity contribution in [3.05, 3.63) is 66.1 Å². The van der Waals surface area contributed by atoms with Crippen LogP contribution in [0.15, 0.2) is 54.9 Å². The van der Waals surface area contributed by atoms with Gasteiger partial charge in [0.15, 0.2) is 0 Å². The molecule has 0 radical (unpaired) electrons. The standard InChI is InChI=1S/C36H50N6O4/c1-35(2,3)45-32(43)14-9-7-8-12-29-16-15-28(24-38-29)31-17-18-37-34(40-31)39-30-13-10-11-27(23-30)25-41-19-21-42(22-20-41)26-33(44)46-36(4,5)6/h10-11,13,15-18,23-24H,7-9,12,14,19-22,25-26H2,1-6H3,(H,37,39,40). The molecule has 0 saturated carbocycles. The first-order chi connectivity index (χ1) is 21.8. The monoisotopic (exact) mass is 630 g/mol. The van der Waals surface area contributed by atoms with Crippen LogP contribution in [0.1, 0.15) is 78.5 Å². The van der Waals surface area contributed by atoms with Crippen molar-refractivity contribution >= 4 is 23.6 Å². The number of benzene rings is 1. The number of aromatic nitrogens is 3. The van der Waals surface area contributed by atoms with E-state index >= 15 is 0 Å². The summed E-state index contributed by atoms with van der Waals surface area (Å²) < 4.78 is 10.8. The Balaban J connectivity index is 1.23. The van der Waals surface area contributed by atoms with Crippen LogP contribution in [0.25, 0.3) is 11.3 Å². The molecule has 4 rings (SSSR count). The van der Waals surface area contributed by atoms with Gasteiger partial charge in [-0.3, -0.25) is 24.4 Å². The largest absolute Gasteiger partial charge is 0.460 e. The number of hydrogen-bond acceptors (Lipinski definition) is 10. The van der Waals surface area contributed by atoms with E-state index in [9.17, 15) is 9.59 Å². The summed E-state index contributed by atoms with van der Waals surface area (Å²) >= 11 is 0. The minimum atomic E-state index is -0.457. The van der Waals surface area contributed by atoms with Crippen LogP contribution in [-0.4, -0.2) is 80.6 Å². The molecule has 0 bridgehead atoms. The molecule has 46 heavy (non-hydrogen) atoms. The van der Waals surface area contributed by atoms with Crippen molar-refractivity contribution in [2.24, 2.45) is 0 Å². The van der Waals surface area contributed by atoms with Crippen molar-refractivity contribution in [2.45, 2.75) is 91.4 Å². The predicted octanol–water partition coefficient (Wildman–Crippen LogP) is 6.19. The van der Waals surface area contributed by atoms with Gasteiger partial charge >= 0.3 is 11.9 Å². The quantitative estimate of drug-likeness (QED) is 0.174. The number of rotatable bonds is 13. The van der Waals surface area contributed by atoms with Gasteiger partial charge in [0.25, 0.3) is 0 Å². The van der Waals surface area contributed by atoms with Gasteiger partial charge < -0.3 is 14.8 Å². The molecule has 1 aromatic carbocycles.